The van der Waals surface area contributed by atoms with Gasteiger partial charge in [-0.05, 0) is 68.6 Å². The van der Waals surface area contributed by atoms with Crippen LogP contribution in [0.2, 0.25) is 0 Å². The van der Waals surface area contributed by atoms with Crippen molar-refractivity contribution in [3.8, 4) is 0 Å². The Balaban J connectivity index is 1.47. The van der Waals surface area contributed by atoms with Crippen molar-refractivity contribution in [1.29, 1.82) is 0 Å². The summed E-state index contributed by atoms with van der Waals surface area (Å²) in [4.78, 5) is 12.4. The minimum atomic E-state index is 0.348. The number of rotatable bonds is 6. The van der Waals surface area contributed by atoms with E-state index in [-0.39, 0.29) is 0 Å². The van der Waals surface area contributed by atoms with Gasteiger partial charge in [0.2, 0.25) is 5.91 Å². The van der Waals surface area contributed by atoms with Crippen LogP contribution in [-0.4, -0.2) is 18.3 Å². The van der Waals surface area contributed by atoms with E-state index in [0.717, 1.165) is 43.5 Å². The number of alkyl halides is 1. The van der Waals surface area contributed by atoms with Crippen molar-refractivity contribution in [2.75, 3.05) is 12.4 Å². The van der Waals surface area contributed by atoms with Gasteiger partial charge in [-0.2, -0.15) is 0 Å². The Morgan fingerprint density at radius 1 is 0.947 bits per heavy atom. The molecule has 0 radical (unpaired) electrons. The summed E-state index contributed by atoms with van der Waals surface area (Å²) in [6.07, 6.45) is 10.1. The summed E-state index contributed by atoms with van der Waals surface area (Å²) in [5.74, 6) is 4.77. The summed E-state index contributed by atoms with van der Waals surface area (Å²) in [5.41, 5.74) is 0. The van der Waals surface area contributed by atoms with E-state index in [1.54, 1.807) is 0 Å². The van der Waals surface area contributed by atoms with Gasteiger partial charge in [0.05, 0.1) is 0 Å². The molecular formula is C16H26ClNO. The van der Waals surface area contributed by atoms with Crippen LogP contribution >= 0.6 is 11.6 Å². The molecule has 0 aromatic carbocycles. The summed E-state index contributed by atoms with van der Waals surface area (Å²) in [5, 5.41) is 3.19. The molecule has 4 rings (SSSR count). The van der Waals surface area contributed by atoms with E-state index in [4.69, 9.17) is 11.6 Å². The van der Waals surface area contributed by atoms with Crippen molar-refractivity contribution in [2.24, 2.45) is 29.6 Å². The highest BCUT2D eigenvalue weighted by Crippen LogP contribution is 2.56. The van der Waals surface area contributed by atoms with Crippen LogP contribution in [0.3, 0.4) is 0 Å². The zero-order valence-electron chi connectivity index (χ0n) is 11.7. The molecule has 4 saturated carbocycles. The van der Waals surface area contributed by atoms with Gasteiger partial charge in [0, 0.05) is 18.3 Å². The standard InChI is InChI=1S/C16H26ClNO/c17-4-2-1-3-5-18-16(19)15-13-7-11-6-12(9-13)10-14(15)8-11/h11-15H,1-10H2,(H,18,19). The fraction of sp³-hybridized carbons (Fsp3) is 0.938. The monoisotopic (exact) mass is 283 g/mol. The minimum absolute atomic E-state index is 0.348. The number of amides is 1. The Bertz CT molecular complexity index is 303. The van der Waals surface area contributed by atoms with Crippen LogP contribution in [0.1, 0.15) is 51.4 Å². The molecular weight excluding hydrogens is 258 g/mol. The number of halogens is 1. The van der Waals surface area contributed by atoms with Gasteiger partial charge in [-0.3, -0.25) is 4.79 Å². The van der Waals surface area contributed by atoms with Crippen LogP contribution in [0.15, 0.2) is 0 Å². The van der Waals surface area contributed by atoms with E-state index in [2.05, 4.69) is 5.32 Å². The van der Waals surface area contributed by atoms with Crippen molar-refractivity contribution in [3.05, 3.63) is 0 Å². The molecule has 108 valence electrons. The van der Waals surface area contributed by atoms with Crippen LogP contribution < -0.4 is 5.32 Å². The van der Waals surface area contributed by atoms with E-state index in [1.807, 2.05) is 0 Å². The van der Waals surface area contributed by atoms with Gasteiger partial charge in [0.15, 0.2) is 0 Å². The van der Waals surface area contributed by atoms with Gasteiger partial charge >= 0.3 is 0 Å². The highest BCUT2D eigenvalue weighted by Gasteiger charge is 2.50. The normalized spacial score (nSPS) is 39.5. The molecule has 3 heteroatoms. The molecule has 4 aliphatic carbocycles. The number of carbonyl (C=O) groups is 1. The first-order chi connectivity index (χ1) is 9.28. The quantitative estimate of drug-likeness (QED) is 0.586. The smallest absolute Gasteiger partial charge is 0.223 e. The fourth-order valence-corrected chi connectivity index (χ4v) is 5.27. The molecule has 0 unspecified atom stereocenters. The third-order valence-corrected chi connectivity index (χ3v) is 5.91. The summed E-state index contributed by atoms with van der Waals surface area (Å²) in [6, 6.07) is 0. The highest BCUT2D eigenvalue weighted by atomic mass is 35.5. The Hall–Kier alpha value is -0.240. The molecule has 19 heavy (non-hydrogen) atoms. The molecule has 0 aliphatic heterocycles. The predicted molar refractivity (Wildman–Crippen MR) is 78.1 cm³/mol. The SMILES string of the molecule is O=C(NCCCCCCl)C1C2CC3CC(C2)CC1C3. The average Bonchev–Trinajstić information content (AvgIpc) is 2.37. The Kier molecular flexibility index (Phi) is 4.36. The zero-order valence-corrected chi connectivity index (χ0v) is 12.5. The summed E-state index contributed by atoms with van der Waals surface area (Å²) >= 11 is 5.66. The second-order valence-corrected chi connectivity index (χ2v) is 7.38. The number of hydrogen-bond acceptors (Lipinski definition) is 1. The molecule has 0 atom stereocenters. The molecule has 1 amide bonds. The number of nitrogens with one attached hydrogen (secondary N) is 1. The van der Waals surface area contributed by atoms with E-state index < -0.39 is 0 Å². The average molecular weight is 284 g/mol. The molecule has 0 aromatic heterocycles. The van der Waals surface area contributed by atoms with Gasteiger partial charge in [-0.25, -0.2) is 0 Å². The van der Waals surface area contributed by atoms with E-state index in [1.165, 1.54) is 32.1 Å². The Morgan fingerprint density at radius 3 is 2.16 bits per heavy atom. The lowest BCUT2D eigenvalue weighted by Gasteiger charge is -2.53. The molecule has 0 heterocycles. The Morgan fingerprint density at radius 2 is 1.58 bits per heavy atom. The van der Waals surface area contributed by atoms with Crippen molar-refractivity contribution in [3.63, 3.8) is 0 Å². The van der Waals surface area contributed by atoms with Gasteiger partial charge in [-0.1, -0.05) is 6.42 Å². The Labute approximate surface area is 121 Å². The predicted octanol–water partition coefficient (Wildman–Crippen LogP) is 3.58. The van der Waals surface area contributed by atoms with Crippen LogP contribution in [0.5, 0.6) is 0 Å². The van der Waals surface area contributed by atoms with E-state index in [0.29, 0.717) is 23.7 Å². The van der Waals surface area contributed by atoms with Gasteiger partial charge in [0.1, 0.15) is 0 Å². The van der Waals surface area contributed by atoms with Gasteiger partial charge in [-0.15, -0.1) is 11.6 Å². The maximum absolute atomic E-state index is 12.4. The largest absolute Gasteiger partial charge is 0.356 e. The van der Waals surface area contributed by atoms with Gasteiger partial charge < -0.3 is 5.32 Å². The van der Waals surface area contributed by atoms with E-state index in [9.17, 15) is 4.79 Å². The maximum atomic E-state index is 12.4. The lowest BCUT2D eigenvalue weighted by molar-refractivity contribution is -0.138. The first-order valence-electron chi connectivity index (χ1n) is 8.11. The lowest BCUT2D eigenvalue weighted by atomic mass is 9.51. The van der Waals surface area contributed by atoms with Crippen LogP contribution in [-0.2, 0) is 4.79 Å². The topological polar surface area (TPSA) is 29.1 Å². The first-order valence-corrected chi connectivity index (χ1v) is 8.65. The van der Waals surface area contributed by atoms with Crippen LogP contribution in [0.4, 0.5) is 0 Å². The summed E-state index contributed by atoms with van der Waals surface area (Å²) in [7, 11) is 0. The van der Waals surface area contributed by atoms with Crippen molar-refractivity contribution >= 4 is 17.5 Å². The van der Waals surface area contributed by atoms with Crippen molar-refractivity contribution in [2.45, 2.75) is 51.4 Å². The second-order valence-electron chi connectivity index (χ2n) is 7.00. The van der Waals surface area contributed by atoms with Gasteiger partial charge in [0.25, 0.3) is 0 Å². The number of unbranched alkanes of at least 4 members (excludes halogenated alkanes) is 2. The second kappa shape index (κ2) is 6.03. The molecule has 4 bridgehead atoms. The molecule has 2 nitrogen and oxygen atoms in total. The van der Waals surface area contributed by atoms with Crippen LogP contribution in [0.25, 0.3) is 0 Å². The molecule has 4 fully saturated rings. The molecule has 4 aliphatic rings. The number of hydrogen-bond donors (Lipinski definition) is 1. The number of carbonyl (C=O) groups excluding carboxylic acids is 1. The zero-order chi connectivity index (χ0) is 13.2. The third kappa shape index (κ3) is 2.94. The van der Waals surface area contributed by atoms with E-state index >= 15 is 0 Å². The lowest BCUT2D eigenvalue weighted by Crippen LogP contribution is -2.51. The minimum Gasteiger partial charge on any atom is -0.356 e. The third-order valence-electron chi connectivity index (χ3n) is 5.64. The summed E-state index contributed by atoms with van der Waals surface area (Å²) in [6.45, 7) is 0.846. The van der Waals surface area contributed by atoms with Crippen molar-refractivity contribution in [1.82, 2.24) is 5.32 Å². The van der Waals surface area contributed by atoms with Crippen LogP contribution in [0, 0.1) is 29.6 Å². The molecule has 0 spiro atoms. The molecule has 0 saturated heterocycles. The molecule has 1 N–H and O–H groups in total. The maximum Gasteiger partial charge on any atom is 0.223 e. The van der Waals surface area contributed by atoms with Crippen molar-refractivity contribution < 1.29 is 4.79 Å². The summed E-state index contributed by atoms with van der Waals surface area (Å²) < 4.78 is 0. The first kappa shape index (κ1) is 13.7. The fourth-order valence-electron chi connectivity index (χ4n) is 5.08. The highest BCUT2D eigenvalue weighted by molar-refractivity contribution is 6.17. The molecule has 0 aromatic rings.